The van der Waals surface area contributed by atoms with Crippen molar-refractivity contribution in [2.45, 2.75) is 142 Å². The van der Waals surface area contributed by atoms with Gasteiger partial charge >= 0.3 is 0 Å². The second-order valence-electron chi connectivity index (χ2n) is 9.49. The average Bonchev–Trinajstić information content (AvgIpc) is 2.76. The minimum atomic E-state index is -3.89. The largest absolute Gasteiger partial charge is 0.353 e. The monoisotopic (exact) mass is 487 g/mol. The highest BCUT2D eigenvalue weighted by Crippen LogP contribution is 2.14. The van der Waals surface area contributed by atoms with Gasteiger partial charge < -0.3 is 5.32 Å². The van der Waals surface area contributed by atoms with Crippen molar-refractivity contribution < 1.29 is 17.8 Å². The van der Waals surface area contributed by atoms with Gasteiger partial charge in [0.05, 0.1) is 5.75 Å². The van der Waals surface area contributed by atoms with Crippen molar-refractivity contribution in [2.24, 2.45) is 0 Å². The Morgan fingerprint density at radius 2 is 1.09 bits per heavy atom. The lowest BCUT2D eigenvalue weighted by Crippen LogP contribution is -2.22. The molecule has 33 heavy (non-hydrogen) atoms. The predicted octanol–water partition coefficient (Wildman–Crippen LogP) is 7.76. The molecule has 5 nitrogen and oxygen atoms in total. The maximum atomic E-state index is 11.6. The third-order valence-corrected chi connectivity index (χ3v) is 6.93. The van der Waals surface area contributed by atoms with Gasteiger partial charge in [-0.3, -0.25) is 9.35 Å². The van der Waals surface area contributed by atoms with Crippen molar-refractivity contribution in [3.05, 3.63) is 12.2 Å². The molecular formula is C27H53NO4S. The Morgan fingerprint density at radius 1 is 0.667 bits per heavy atom. The molecule has 0 aromatic rings. The molecule has 0 aliphatic rings. The number of unbranched alkanes of at least 4 members (excludes halogenated alkanes) is 19. The van der Waals surface area contributed by atoms with Crippen LogP contribution in [0.4, 0.5) is 0 Å². The Balaban J connectivity index is 3.23. The van der Waals surface area contributed by atoms with Crippen LogP contribution in [0.5, 0.6) is 0 Å². The first kappa shape index (κ1) is 32.1. The van der Waals surface area contributed by atoms with E-state index in [0.29, 0.717) is 19.4 Å². The minimum Gasteiger partial charge on any atom is -0.353 e. The predicted molar refractivity (Wildman–Crippen MR) is 141 cm³/mol. The zero-order chi connectivity index (χ0) is 24.5. The van der Waals surface area contributed by atoms with Gasteiger partial charge in [0, 0.05) is 6.54 Å². The molecule has 0 aliphatic heterocycles. The summed E-state index contributed by atoms with van der Waals surface area (Å²) in [5, 5.41) is 2.73. The van der Waals surface area contributed by atoms with E-state index in [-0.39, 0.29) is 11.7 Å². The molecule has 0 bridgehead atoms. The third kappa shape index (κ3) is 29.1. The van der Waals surface area contributed by atoms with Gasteiger partial charge in [-0.2, -0.15) is 8.42 Å². The van der Waals surface area contributed by atoms with E-state index in [4.69, 9.17) is 4.55 Å². The summed E-state index contributed by atoms with van der Waals surface area (Å²) in [4.78, 5) is 11.6. The van der Waals surface area contributed by atoms with Crippen molar-refractivity contribution in [1.82, 2.24) is 5.32 Å². The van der Waals surface area contributed by atoms with Crippen molar-refractivity contribution in [1.29, 1.82) is 0 Å². The number of allylic oxidation sites excluding steroid dienone is 1. The highest BCUT2D eigenvalue weighted by molar-refractivity contribution is 7.85. The second kappa shape index (κ2) is 24.3. The molecule has 0 rings (SSSR count). The van der Waals surface area contributed by atoms with E-state index in [1.807, 2.05) is 6.08 Å². The van der Waals surface area contributed by atoms with E-state index in [1.165, 1.54) is 109 Å². The van der Waals surface area contributed by atoms with Crippen molar-refractivity contribution >= 4 is 16.0 Å². The summed E-state index contributed by atoms with van der Waals surface area (Å²) in [5.41, 5.74) is 0. The van der Waals surface area contributed by atoms with Crippen LogP contribution in [0.25, 0.3) is 0 Å². The van der Waals surface area contributed by atoms with Crippen LogP contribution in [0.1, 0.15) is 142 Å². The lowest BCUT2D eigenvalue weighted by atomic mass is 10.0. The number of hydrogen-bond donors (Lipinski definition) is 2. The Bertz CT molecular complexity index is 560. The maximum Gasteiger partial charge on any atom is 0.264 e. The molecule has 0 aromatic carbocycles. The highest BCUT2D eigenvalue weighted by atomic mass is 32.2. The Labute approximate surface area is 205 Å². The minimum absolute atomic E-state index is 0.135. The molecule has 0 saturated carbocycles. The summed E-state index contributed by atoms with van der Waals surface area (Å²) >= 11 is 0. The Hall–Kier alpha value is -0.880. The van der Waals surface area contributed by atoms with E-state index in [1.54, 1.807) is 6.08 Å². The summed E-state index contributed by atoms with van der Waals surface area (Å²) in [7, 11) is -3.89. The molecule has 0 fully saturated rings. The lowest BCUT2D eigenvalue weighted by molar-refractivity contribution is -0.116. The van der Waals surface area contributed by atoms with E-state index in [9.17, 15) is 13.2 Å². The molecule has 0 radical (unpaired) electrons. The quantitative estimate of drug-likeness (QED) is 0.0783. The smallest absolute Gasteiger partial charge is 0.264 e. The summed E-state index contributed by atoms with van der Waals surface area (Å²) in [5.74, 6) is -0.387. The van der Waals surface area contributed by atoms with Gasteiger partial charge in [0.2, 0.25) is 5.91 Å². The van der Waals surface area contributed by atoms with Gasteiger partial charge in [0.25, 0.3) is 10.1 Å². The van der Waals surface area contributed by atoms with Crippen LogP contribution < -0.4 is 5.32 Å². The van der Waals surface area contributed by atoms with Crippen molar-refractivity contribution in [2.75, 3.05) is 12.3 Å². The van der Waals surface area contributed by atoms with Crippen LogP contribution in [0.2, 0.25) is 0 Å². The standard InChI is InChI=1S/C27H53NO4S/c1-2-3-4-5-6-7-8-9-10-11-12-13-14-15-16-17-18-19-20-21-24-27(29)28-25-22-23-26-33(30,31)32/h21,24H,2-20,22-23,25-26H2,1H3,(H,28,29)(H,30,31,32)/b24-21+. The van der Waals surface area contributed by atoms with E-state index in [0.717, 1.165) is 12.8 Å². The summed E-state index contributed by atoms with van der Waals surface area (Å²) < 4.78 is 29.8. The van der Waals surface area contributed by atoms with Gasteiger partial charge in [0.1, 0.15) is 0 Å². The molecule has 0 aliphatic carbocycles. The van der Waals surface area contributed by atoms with E-state index >= 15 is 0 Å². The fourth-order valence-corrected chi connectivity index (χ4v) is 4.60. The van der Waals surface area contributed by atoms with Crippen molar-refractivity contribution in [3.8, 4) is 0 Å². The summed E-state index contributed by atoms with van der Waals surface area (Å²) in [6, 6.07) is 0. The van der Waals surface area contributed by atoms with E-state index in [2.05, 4.69) is 12.2 Å². The number of rotatable bonds is 25. The fraction of sp³-hybridized carbons (Fsp3) is 0.889. The van der Waals surface area contributed by atoms with Crippen LogP contribution >= 0.6 is 0 Å². The van der Waals surface area contributed by atoms with Gasteiger partial charge in [-0.05, 0) is 31.8 Å². The number of hydrogen-bond acceptors (Lipinski definition) is 3. The van der Waals surface area contributed by atoms with Crippen LogP contribution in [0.3, 0.4) is 0 Å². The molecule has 6 heteroatoms. The van der Waals surface area contributed by atoms with Crippen molar-refractivity contribution in [3.63, 3.8) is 0 Å². The molecule has 0 spiro atoms. The lowest BCUT2D eigenvalue weighted by Gasteiger charge is -2.03. The number of nitrogens with one attached hydrogen (secondary N) is 1. The first-order chi connectivity index (χ1) is 16.0. The molecule has 0 unspecified atom stereocenters. The van der Waals surface area contributed by atoms with Crippen LogP contribution in [0, 0.1) is 0 Å². The van der Waals surface area contributed by atoms with Crippen LogP contribution in [0.15, 0.2) is 12.2 Å². The fourth-order valence-electron chi connectivity index (χ4n) is 4.03. The molecule has 0 aromatic heterocycles. The third-order valence-electron chi connectivity index (χ3n) is 6.12. The molecule has 196 valence electrons. The summed E-state index contributed by atoms with van der Waals surface area (Å²) in [6.45, 7) is 2.71. The van der Waals surface area contributed by atoms with E-state index < -0.39 is 10.1 Å². The van der Waals surface area contributed by atoms with Crippen LogP contribution in [-0.2, 0) is 14.9 Å². The Morgan fingerprint density at radius 3 is 1.52 bits per heavy atom. The van der Waals surface area contributed by atoms with Gasteiger partial charge in [-0.1, -0.05) is 122 Å². The van der Waals surface area contributed by atoms with Gasteiger partial charge in [-0.15, -0.1) is 0 Å². The molecule has 0 saturated heterocycles. The first-order valence-corrected chi connectivity index (χ1v) is 15.5. The second-order valence-corrected chi connectivity index (χ2v) is 11.1. The maximum absolute atomic E-state index is 11.6. The topological polar surface area (TPSA) is 83.5 Å². The molecule has 2 N–H and O–H groups in total. The Kier molecular flexibility index (Phi) is 23.6. The number of amides is 1. The zero-order valence-corrected chi connectivity index (χ0v) is 22.3. The zero-order valence-electron chi connectivity index (χ0n) is 21.5. The SMILES string of the molecule is CCCCCCCCCCCCCCCCCCCC/C=C/C(=O)NCCCCS(=O)(=O)O. The summed E-state index contributed by atoms with van der Waals surface area (Å²) in [6.07, 6.45) is 30.0. The van der Waals surface area contributed by atoms with Gasteiger partial charge in [0.15, 0.2) is 0 Å². The molecule has 0 heterocycles. The number of carbonyl (C=O) groups excluding carboxylic acids is 1. The molecule has 0 atom stereocenters. The highest BCUT2D eigenvalue weighted by Gasteiger charge is 2.03. The normalized spacial score (nSPS) is 11.9. The average molecular weight is 488 g/mol. The van der Waals surface area contributed by atoms with Crippen LogP contribution in [-0.4, -0.2) is 31.2 Å². The van der Waals surface area contributed by atoms with Gasteiger partial charge in [-0.25, -0.2) is 0 Å². The number of carbonyl (C=O) groups is 1. The molecule has 1 amide bonds. The first-order valence-electron chi connectivity index (χ1n) is 13.8. The molecular weight excluding hydrogens is 434 g/mol.